The van der Waals surface area contributed by atoms with Crippen molar-refractivity contribution in [2.24, 2.45) is 4.99 Å². The summed E-state index contributed by atoms with van der Waals surface area (Å²) in [5, 5.41) is 5.00. The van der Waals surface area contributed by atoms with Gasteiger partial charge in [-0.15, -0.1) is 0 Å². The Morgan fingerprint density at radius 3 is 2.75 bits per heavy atom. The Hall–Kier alpha value is -1.52. The lowest BCUT2D eigenvalue weighted by molar-refractivity contribution is 0.951. The zero-order chi connectivity index (χ0) is 8.55. The predicted molar refractivity (Wildman–Crippen MR) is 46.5 cm³/mol. The minimum Gasteiger partial charge on any atom is -0.383 e. The Morgan fingerprint density at radius 2 is 2.25 bits per heavy atom. The van der Waals surface area contributed by atoms with Crippen molar-refractivity contribution in [2.45, 2.75) is 12.8 Å². The van der Waals surface area contributed by atoms with Gasteiger partial charge in [-0.2, -0.15) is 0 Å². The van der Waals surface area contributed by atoms with Crippen LogP contribution in [0.4, 0.5) is 5.82 Å². The molecule has 0 fully saturated rings. The molecule has 5 nitrogen and oxygen atoms in total. The number of nitrogen functional groups attached to an aromatic ring is 1. The molecular weight excluding hydrogens is 156 g/mol. The molecule has 2 rings (SSSR count). The molecule has 0 unspecified atom stereocenters. The monoisotopic (exact) mass is 166 g/mol. The highest BCUT2D eigenvalue weighted by atomic mass is 16.1. The number of anilines is 1. The molecule has 0 aliphatic carbocycles. The van der Waals surface area contributed by atoms with Gasteiger partial charge in [-0.25, -0.2) is 0 Å². The molecule has 0 saturated heterocycles. The maximum atomic E-state index is 11.2. The van der Waals surface area contributed by atoms with Crippen LogP contribution >= 0.6 is 0 Å². The van der Waals surface area contributed by atoms with E-state index in [0.29, 0.717) is 11.4 Å². The third kappa shape index (κ3) is 0.939. The van der Waals surface area contributed by atoms with E-state index < -0.39 is 0 Å². The molecule has 4 N–H and O–H groups in total. The molecule has 0 radical (unpaired) electrons. The van der Waals surface area contributed by atoms with Gasteiger partial charge < -0.3 is 5.73 Å². The van der Waals surface area contributed by atoms with E-state index in [-0.39, 0.29) is 5.56 Å². The average molecular weight is 166 g/mol. The summed E-state index contributed by atoms with van der Waals surface area (Å²) in [5.41, 5.74) is 6.73. The van der Waals surface area contributed by atoms with E-state index in [2.05, 4.69) is 15.2 Å². The number of hydrogen-bond acceptors (Lipinski definition) is 3. The Bertz CT molecular complexity index is 373. The van der Waals surface area contributed by atoms with Gasteiger partial charge in [-0.1, -0.05) is 0 Å². The molecule has 0 amide bonds. The van der Waals surface area contributed by atoms with Gasteiger partial charge in [0.2, 0.25) is 0 Å². The van der Waals surface area contributed by atoms with E-state index in [9.17, 15) is 4.79 Å². The molecule has 0 spiro atoms. The van der Waals surface area contributed by atoms with Crippen molar-refractivity contribution in [3.05, 3.63) is 15.9 Å². The lowest BCUT2D eigenvalue weighted by Gasteiger charge is -1.93. The third-order valence-corrected chi connectivity index (χ3v) is 1.97. The van der Waals surface area contributed by atoms with Crippen molar-refractivity contribution in [1.29, 1.82) is 0 Å². The van der Waals surface area contributed by atoms with Gasteiger partial charge in [-0.05, 0) is 12.8 Å². The summed E-state index contributed by atoms with van der Waals surface area (Å²) in [6.07, 6.45) is 1.87. The van der Waals surface area contributed by atoms with E-state index in [0.717, 1.165) is 25.1 Å². The number of rotatable bonds is 1. The minimum atomic E-state index is -0.173. The predicted octanol–water partition coefficient (Wildman–Crippen LogP) is -0.132. The third-order valence-electron chi connectivity index (χ3n) is 1.97. The van der Waals surface area contributed by atoms with Crippen LogP contribution in [0.2, 0.25) is 0 Å². The first-order valence-electron chi connectivity index (χ1n) is 3.89. The standard InChI is InChI=1S/C7H10N4O/c8-6-5(7(12)11-10-6)4-2-1-3-9-4/h1-3H2,(H4,8,10,11,12). The number of hydrogen-bond donors (Lipinski definition) is 3. The summed E-state index contributed by atoms with van der Waals surface area (Å²) in [5.74, 6) is 0.389. The largest absolute Gasteiger partial charge is 0.383 e. The SMILES string of the molecule is Nc1[nH][nH]c(=O)c1C1=NCCC1. The van der Waals surface area contributed by atoms with Crippen molar-refractivity contribution in [1.82, 2.24) is 10.2 Å². The summed E-state index contributed by atoms with van der Waals surface area (Å²) in [4.78, 5) is 15.4. The van der Waals surface area contributed by atoms with Crippen LogP contribution in [-0.4, -0.2) is 22.5 Å². The molecule has 0 atom stereocenters. The molecule has 64 valence electrons. The summed E-state index contributed by atoms with van der Waals surface area (Å²) in [6, 6.07) is 0. The fourth-order valence-electron chi connectivity index (χ4n) is 1.40. The van der Waals surface area contributed by atoms with E-state index in [4.69, 9.17) is 5.73 Å². The van der Waals surface area contributed by atoms with Crippen molar-refractivity contribution in [3.63, 3.8) is 0 Å². The number of aromatic amines is 2. The van der Waals surface area contributed by atoms with Crippen LogP contribution in [-0.2, 0) is 0 Å². The maximum absolute atomic E-state index is 11.2. The Balaban J connectivity index is 2.51. The molecule has 1 aromatic rings. The second-order valence-electron chi connectivity index (χ2n) is 2.80. The molecule has 1 aliphatic heterocycles. The fraction of sp³-hybridized carbons (Fsp3) is 0.429. The number of H-pyrrole nitrogens is 2. The number of nitrogens with zero attached hydrogens (tertiary/aromatic N) is 1. The number of aliphatic imine (C=N–C) groups is 1. The fourth-order valence-corrected chi connectivity index (χ4v) is 1.40. The van der Waals surface area contributed by atoms with Crippen LogP contribution in [0.15, 0.2) is 9.79 Å². The van der Waals surface area contributed by atoms with Crippen LogP contribution in [0.1, 0.15) is 18.4 Å². The summed E-state index contributed by atoms with van der Waals surface area (Å²) >= 11 is 0. The van der Waals surface area contributed by atoms with Gasteiger partial charge in [0.1, 0.15) is 11.4 Å². The second-order valence-corrected chi connectivity index (χ2v) is 2.80. The van der Waals surface area contributed by atoms with Crippen molar-refractivity contribution in [3.8, 4) is 0 Å². The van der Waals surface area contributed by atoms with Gasteiger partial charge in [0.05, 0.1) is 5.71 Å². The van der Waals surface area contributed by atoms with Crippen LogP contribution in [0.25, 0.3) is 0 Å². The highest BCUT2D eigenvalue weighted by Gasteiger charge is 2.16. The molecule has 12 heavy (non-hydrogen) atoms. The van der Waals surface area contributed by atoms with Crippen molar-refractivity contribution < 1.29 is 0 Å². The van der Waals surface area contributed by atoms with Gasteiger partial charge in [-0.3, -0.25) is 20.0 Å². The van der Waals surface area contributed by atoms with Gasteiger partial charge in [0.25, 0.3) is 5.56 Å². The first-order valence-corrected chi connectivity index (χ1v) is 3.89. The van der Waals surface area contributed by atoms with Gasteiger partial charge in [0.15, 0.2) is 0 Å². The van der Waals surface area contributed by atoms with E-state index >= 15 is 0 Å². The summed E-state index contributed by atoms with van der Waals surface area (Å²) < 4.78 is 0. The quantitative estimate of drug-likeness (QED) is 0.542. The molecule has 1 aromatic heterocycles. The van der Waals surface area contributed by atoms with E-state index in [1.54, 1.807) is 0 Å². The summed E-state index contributed by atoms with van der Waals surface area (Å²) in [7, 11) is 0. The lowest BCUT2D eigenvalue weighted by Crippen LogP contribution is -2.12. The number of aromatic nitrogens is 2. The second kappa shape index (κ2) is 2.51. The van der Waals surface area contributed by atoms with Gasteiger partial charge >= 0.3 is 0 Å². The number of nitrogens with two attached hydrogens (primary N) is 1. The Kier molecular flexibility index (Phi) is 1.49. The summed E-state index contributed by atoms with van der Waals surface area (Å²) in [6.45, 7) is 0.805. The topological polar surface area (TPSA) is 87.0 Å². The zero-order valence-corrected chi connectivity index (χ0v) is 6.55. The van der Waals surface area contributed by atoms with E-state index in [1.165, 1.54) is 0 Å². The molecule has 0 aromatic carbocycles. The van der Waals surface area contributed by atoms with Gasteiger partial charge in [0, 0.05) is 6.54 Å². The Labute approximate surface area is 68.7 Å². The molecular formula is C7H10N4O. The molecule has 1 aliphatic rings. The zero-order valence-electron chi connectivity index (χ0n) is 6.55. The van der Waals surface area contributed by atoms with Crippen LogP contribution in [0.3, 0.4) is 0 Å². The molecule has 0 saturated carbocycles. The highest BCUT2D eigenvalue weighted by molar-refractivity contribution is 6.04. The Morgan fingerprint density at radius 1 is 1.42 bits per heavy atom. The van der Waals surface area contributed by atoms with Crippen LogP contribution in [0.5, 0.6) is 0 Å². The maximum Gasteiger partial charge on any atom is 0.275 e. The molecule has 0 bridgehead atoms. The highest BCUT2D eigenvalue weighted by Crippen LogP contribution is 2.12. The molecule has 5 heteroatoms. The van der Waals surface area contributed by atoms with Crippen LogP contribution < -0.4 is 11.3 Å². The van der Waals surface area contributed by atoms with Crippen LogP contribution in [0, 0.1) is 0 Å². The van der Waals surface area contributed by atoms with E-state index in [1.807, 2.05) is 0 Å². The van der Waals surface area contributed by atoms with Crippen molar-refractivity contribution in [2.75, 3.05) is 12.3 Å². The first-order chi connectivity index (χ1) is 5.79. The first kappa shape index (κ1) is 7.15. The van der Waals surface area contributed by atoms with Crippen molar-refractivity contribution >= 4 is 11.5 Å². The lowest BCUT2D eigenvalue weighted by atomic mass is 10.1. The average Bonchev–Trinajstić information content (AvgIpc) is 2.61. The number of nitrogens with one attached hydrogen (secondary N) is 2. The minimum absolute atomic E-state index is 0.173. The normalized spacial score (nSPS) is 16.5. The smallest absolute Gasteiger partial charge is 0.275 e. The molecule has 2 heterocycles.